The Labute approximate surface area is 92.0 Å². The molecule has 86 valence electrons. The molecule has 2 N–H and O–H groups in total. The molecule has 0 spiro atoms. The van der Waals surface area contributed by atoms with Crippen LogP contribution in [0.3, 0.4) is 0 Å². The van der Waals surface area contributed by atoms with Crippen LogP contribution in [0.2, 0.25) is 0 Å². The van der Waals surface area contributed by atoms with Crippen molar-refractivity contribution in [3.63, 3.8) is 0 Å². The molecule has 0 aromatic heterocycles. The second-order valence-electron chi connectivity index (χ2n) is 5.67. The van der Waals surface area contributed by atoms with Crippen LogP contribution in [0, 0.1) is 11.8 Å². The van der Waals surface area contributed by atoms with Gasteiger partial charge in [-0.15, -0.1) is 0 Å². The maximum absolute atomic E-state index is 12.2. The van der Waals surface area contributed by atoms with E-state index in [1.807, 2.05) is 4.90 Å². The molecule has 15 heavy (non-hydrogen) atoms. The van der Waals surface area contributed by atoms with Crippen molar-refractivity contribution in [2.24, 2.45) is 17.6 Å². The zero-order chi connectivity index (χ0) is 11.2. The molecule has 1 heterocycles. The number of amides is 1. The summed E-state index contributed by atoms with van der Waals surface area (Å²) in [7, 11) is 0. The minimum Gasteiger partial charge on any atom is -0.338 e. The molecule has 3 nitrogen and oxygen atoms in total. The number of nitrogens with zero attached hydrogens (tertiary/aromatic N) is 1. The Morgan fingerprint density at radius 1 is 1.33 bits per heavy atom. The Kier molecular flexibility index (Phi) is 2.53. The van der Waals surface area contributed by atoms with E-state index in [2.05, 4.69) is 20.8 Å². The van der Waals surface area contributed by atoms with Crippen LogP contribution in [0.1, 0.15) is 40.0 Å². The maximum atomic E-state index is 12.2. The number of likely N-dealkylation sites (tertiary alicyclic amines) is 1. The highest BCUT2D eigenvalue weighted by atomic mass is 16.2. The van der Waals surface area contributed by atoms with Crippen molar-refractivity contribution in [2.45, 2.75) is 51.6 Å². The summed E-state index contributed by atoms with van der Waals surface area (Å²) in [6.07, 6.45) is 2.97. The molecule has 2 aliphatic rings. The van der Waals surface area contributed by atoms with Gasteiger partial charge in [0.25, 0.3) is 0 Å². The molecule has 1 aliphatic heterocycles. The smallest absolute Gasteiger partial charge is 0.242 e. The summed E-state index contributed by atoms with van der Waals surface area (Å²) in [5.74, 6) is 1.40. The molecule has 1 saturated heterocycles. The highest BCUT2D eigenvalue weighted by molar-refractivity contribution is 5.89. The molecule has 2 rings (SSSR count). The van der Waals surface area contributed by atoms with Crippen LogP contribution in [0.4, 0.5) is 0 Å². The second kappa shape index (κ2) is 3.48. The van der Waals surface area contributed by atoms with Crippen LogP contribution in [0.15, 0.2) is 0 Å². The first-order valence-corrected chi connectivity index (χ1v) is 6.04. The predicted octanol–water partition coefficient (Wildman–Crippen LogP) is 1.37. The van der Waals surface area contributed by atoms with E-state index in [4.69, 9.17) is 5.73 Å². The van der Waals surface area contributed by atoms with E-state index in [9.17, 15) is 4.79 Å². The van der Waals surface area contributed by atoms with Crippen LogP contribution < -0.4 is 5.73 Å². The van der Waals surface area contributed by atoms with Gasteiger partial charge in [-0.25, -0.2) is 0 Å². The first-order chi connectivity index (χ1) is 6.94. The monoisotopic (exact) mass is 210 g/mol. The SMILES string of the molecule is CC1CC(C)C(C)N(C(=O)C2(N)CC2)C1. The van der Waals surface area contributed by atoms with Crippen LogP contribution in [0.25, 0.3) is 0 Å². The van der Waals surface area contributed by atoms with E-state index in [1.165, 1.54) is 6.42 Å². The number of nitrogens with two attached hydrogens (primary N) is 1. The van der Waals surface area contributed by atoms with E-state index in [-0.39, 0.29) is 5.91 Å². The minimum atomic E-state index is -0.495. The summed E-state index contributed by atoms with van der Waals surface area (Å²) in [6.45, 7) is 7.50. The van der Waals surface area contributed by atoms with Gasteiger partial charge in [0.15, 0.2) is 0 Å². The number of carbonyl (C=O) groups excluding carboxylic acids is 1. The van der Waals surface area contributed by atoms with Crippen molar-refractivity contribution in [1.29, 1.82) is 0 Å². The lowest BCUT2D eigenvalue weighted by molar-refractivity contribution is -0.139. The lowest BCUT2D eigenvalue weighted by Crippen LogP contribution is -2.55. The predicted molar refractivity (Wildman–Crippen MR) is 60.3 cm³/mol. The lowest BCUT2D eigenvalue weighted by Gasteiger charge is -2.42. The quantitative estimate of drug-likeness (QED) is 0.710. The summed E-state index contributed by atoms with van der Waals surface area (Å²) in [4.78, 5) is 14.2. The average molecular weight is 210 g/mol. The van der Waals surface area contributed by atoms with E-state index < -0.39 is 5.54 Å². The molecular weight excluding hydrogens is 188 g/mol. The third-order valence-corrected chi connectivity index (χ3v) is 4.07. The van der Waals surface area contributed by atoms with Gasteiger partial charge in [-0.2, -0.15) is 0 Å². The Morgan fingerprint density at radius 2 is 1.93 bits per heavy atom. The van der Waals surface area contributed by atoms with Gasteiger partial charge in [-0.1, -0.05) is 13.8 Å². The van der Waals surface area contributed by atoms with Crippen LogP contribution in [-0.2, 0) is 4.79 Å². The number of hydrogen-bond donors (Lipinski definition) is 1. The van der Waals surface area contributed by atoms with Crippen molar-refractivity contribution in [1.82, 2.24) is 4.90 Å². The molecule has 0 radical (unpaired) electrons. The summed E-state index contributed by atoms with van der Waals surface area (Å²) in [5.41, 5.74) is 5.49. The molecule has 3 heteroatoms. The molecular formula is C12H22N2O. The third-order valence-electron chi connectivity index (χ3n) is 4.07. The molecule has 2 fully saturated rings. The molecule has 3 atom stereocenters. The zero-order valence-corrected chi connectivity index (χ0v) is 9.99. The van der Waals surface area contributed by atoms with Crippen molar-refractivity contribution in [2.75, 3.05) is 6.54 Å². The van der Waals surface area contributed by atoms with E-state index in [0.29, 0.717) is 17.9 Å². The molecule has 3 unspecified atom stereocenters. The van der Waals surface area contributed by atoms with Crippen molar-refractivity contribution in [3.05, 3.63) is 0 Å². The van der Waals surface area contributed by atoms with Gasteiger partial charge in [-0.05, 0) is 38.0 Å². The van der Waals surface area contributed by atoms with Gasteiger partial charge in [0.1, 0.15) is 0 Å². The molecule has 0 aromatic carbocycles. The van der Waals surface area contributed by atoms with E-state index in [0.717, 1.165) is 19.4 Å². The van der Waals surface area contributed by atoms with Crippen molar-refractivity contribution < 1.29 is 4.79 Å². The summed E-state index contributed by atoms with van der Waals surface area (Å²) in [5, 5.41) is 0. The van der Waals surface area contributed by atoms with Gasteiger partial charge in [0.2, 0.25) is 5.91 Å². The number of carbonyl (C=O) groups is 1. The van der Waals surface area contributed by atoms with Gasteiger partial charge in [0, 0.05) is 12.6 Å². The Morgan fingerprint density at radius 3 is 2.47 bits per heavy atom. The summed E-state index contributed by atoms with van der Waals surface area (Å²) >= 11 is 0. The Bertz CT molecular complexity index is 273. The molecule has 1 amide bonds. The summed E-state index contributed by atoms with van der Waals surface area (Å²) in [6, 6.07) is 0.356. The topological polar surface area (TPSA) is 46.3 Å². The first-order valence-electron chi connectivity index (χ1n) is 6.04. The normalized spacial score (nSPS) is 38.9. The van der Waals surface area contributed by atoms with Crippen molar-refractivity contribution in [3.8, 4) is 0 Å². The number of hydrogen-bond acceptors (Lipinski definition) is 2. The van der Waals surface area contributed by atoms with E-state index >= 15 is 0 Å². The highest BCUT2D eigenvalue weighted by Crippen LogP contribution is 2.37. The minimum absolute atomic E-state index is 0.188. The standard InChI is InChI=1S/C12H22N2O/c1-8-6-9(2)10(3)14(7-8)11(15)12(13)4-5-12/h8-10H,4-7,13H2,1-3H3. The van der Waals surface area contributed by atoms with Gasteiger partial charge in [0.05, 0.1) is 5.54 Å². The van der Waals surface area contributed by atoms with Crippen LogP contribution in [0.5, 0.6) is 0 Å². The highest BCUT2D eigenvalue weighted by Gasteiger charge is 2.50. The Hall–Kier alpha value is -0.570. The lowest BCUT2D eigenvalue weighted by atomic mass is 9.85. The first kappa shape index (κ1) is 10.9. The van der Waals surface area contributed by atoms with E-state index in [1.54, 1.807) is 0 Å². The third kappa shape index (κ3) is 1.89. The van der Waals surface area contributed by atoms with Gasteiger partial charge in [-0.3, -0.25) is 4.79 Å². The fourth-order valence-corrected chi connectivity index (χ4v) is 2.62. The fourth-order valence-electron chi connectivity index (χ4n) is 2.62. The van der Waals surface area contributed by atoms with Gasteiger partial charge < -0.3 is 10.6 Å². The number of piperidine rings is 1. The Balaban J connectivity index is 2.09. The van der Waals surface area contributed by atoms with Crippen LogP contribution >= 0.6 is 0 Å². The average Bonchev–Trinajstić information content (AvgIpc) is 2.90. The molecule has 1 saturated carbocycles. The van der Waals surface area contributed by atoms with Crippen molar-refractivity contribution >= 4 is 5.91 Å². The van der Waals surface area contributed by atoms with Crippen LogP contribution in [-0.4, -0.2) is 28.9 Å². The molecule has 0 aromatic rings. The molecule has 0 bridgehead atoms. The molecule has 1 aliphatic carbocycles. The second-order valence-corrected chi connectivity index (χ2v) is 5.67. The summed E-state index contributed by atoms with van der Waals surface area (Å²) < 4.78 is 0. The van der Waals surface area contributed by atoms with Gasteiger partial charge >= 0.3 is 0 Å². The fraction of sp³-hybridized carbons (Fsp3) is 0.917. The largest absolute Gasteiger partial charge is 0.338 e. The number of rotatable bonds is 1. The maximum Gasteiger partial charge on any atom is 0.242 e. The zero-order valence-electron chi connectivity index (χ0n) is 9.99.